The van der Waals surface area contributed by atoms with E-state index < -0.39 is 0 Å². The summed E-state index contributed by atoms with van der Waals surface area (Å²) in [6.45, 7) is 0. The second-order valence-corrected chi connectivity index (χ2v) is 4.95. The van der Waals surface area contributed by atoms with Crippen molar-refractivity contribution in [3.63, 3.8) is 0 Å². The number of halogens is 1. The van der Waals surface area contributed by atoms with E-state index in [4.69, 9.17) is 11.6 Å². The van der Waals surface area contributed by atoms with Gasteiger partial charge in [-0.1, -0.05) is 31.0 Å². The molecule has 1 aliphatic carbocycles. The fourth-order valence-electron chi connectivity index (χ4n) is 2.42. The van der Waals surface area contributed by atoms with Crippen molar-refractivity contribution in [2.75, 3.05) is 5.88 Å². The molecule has 0 bridgehead atoms. The molecular formula is C14H18ClNO. The molecule has 3 heteroatoms. The van der Waals surface area contributed by atoms with Crippen LogP contribution >= 0.6 is 11.6 Å². The van der Waals surface area contributed by atoms with Crippen LogP contribution in [0.15, 0.2) is 30.3 Å². The minimum atomic E-state index is 0.0209. The third-order valence-electron chi connectivity index (χ3n) is 3.46. The second-order valence-electron chi connectivity index (χ2n) is 4.64. The molecule has 0 radical (unpaired) electrons. The normalized spacial score (nSPS) is 24.3. The van der Waals surface area contributed by atoms with Crippen LogP contribution in [0.1, 0.15) is 36.0 Å². The Labute approximate surface area is 107 Å². The van der Waals surface area contributed by atoms with Crippen LogP contribution in [0, 0.1) is 5.92 Å². The number of nitrogens with one attached hydrogen (secondary N) is 1. The predicted octanol–water partition coefficient (Wildman–Crippen LogP) is 3.21. The summed E-state index contributed by atoms with van der Waals surface area (Å²) >= 11 is 5.95. The minimum Gasteiger partial charge on any atom is -0.349 e. The largest absolute Gasteiger partial charge is 0.349 e. The van der Waals surface area contributed by atoms with Gasteiger partial charge >= 0.3 is 0 Å². The number of carbonyl (C=O) groups is 1. The van der Waals surface area contributed by atoms with Crippen molar-refractivity contribution < 1.29 is 4.79 Å². The van der Waals surface area contributed by atoms with E-state index in [1.165, 1.54) is 12.8 Å². The van der Waals surface area contributed by atoms with Gasteiger partial charge in [-0.25, -0.2) is 0 Å². The third-order valence-corrected chi connectivity index (χ3v) is 3.86. The molecule has 0 aromatic heterocycles. The Balaban J connectivity index is 1.98. The van der Waals surface area contributed by atoms with E-state index in [1.807, 2.05) is 30.3 Å². The maximum atomic E-state index is 12.0. The van der Waals surface area contributed by atoms with Gasteiger partial charge in [0.2, 0.25) is 0 Å². The zero-order valence-electron chi connectivity index (χ0n) is 9.86. The molecular weight excluding hydrogens is 234 g/mol. The lowest BCUT2D eigenvalue weighted by molar-refractivity contribution is 0.0911. The van der Waals surface area contributed by atoms with Crippen LogP contribution in [0.4, 0.5) is 0 Å². The van der Waals surface area contributed by atoms with Crippen molar-refractivity contribution in [1.82, 2.24) is 5.32 Å². The average molecular weight is 252 g/mol. The van der Waals surface area contributed by atoms with Crippen LogP contribution in [0.3, 0.4) is 0 Å². The van der Waals surface area contributed by atoms with E-state index in [-0.39, 0.29) is 11.9 Å². The summed E-state index contributed by atoms with van der Waals surface area (Å²) < 4.78 is 0. The molecule has 0 aliphatic heterocycles. The highest BCUT2D eigenvalue weighted by molar-refractivity contribution is 6.18. The average Bonchev–Trinajstić information content (AvgIpc) is 2.40. The number of rotatable bonds is 3. The SMILES string of the molecule is O=C(NC1CCCCC1CCl)c1ccccc1. The molecule has 0 heterocycles. The number of hydrogen-bond donors (Lipinski definition) is 1. The van der Waals surface area contributed by atoms with Crippen LogP contribution in [0.25, 0.3) is 0 Å². The van der Waals surface area contributed by atoms with Crippen molar-refractivity contribution in [2.45, 2.75) is 31.7 Å². The summed E-state index contributed by atoms with van der Waals surface area (Å²) in [5.41, 5.74) is 0.728. The lowest BCUT2D eigenvalue weighted by atomic mass is 9.85. The van der Waals surface area contributed by atoms with E-state index in [0.717, 1.165) is 18.4 Å². The van der Waals surface area contributed by atoms with Crippen molar-refractivity contribution >= 4 is 17.5 Å². The van der Waals surface area contributed by atoms with E-state index >= 15 is 0 Å². The van der Waals surface area contributed by atoms with E-state index in [9.17, 15) is 4.79 Å². The number of carbonyl (C=O) groups excluding carboxylic acids is 1. The van der Waals surface area contributed by atoms with E-state index in [2.05, 4.69) is 5.32 Å². The van der Waals surface area contributed by atoms with Crippen LogP contribution < -0.4 is 5.32 Å². The quantitative estimate of drug-likeness (QED) is 0.822. The van der Waals surface area contributed by atoms with Gasteiger partial charge in [-0.3, -0.25) is 4.79 Å². The minimum absolute atomic E-state index is 0.0209. The van der Waals surface area contributed by atoms with Crippen LogP contribution in [0.2, 0.25) is 0 Å². The van der Waals surface area contributed by atoms with Crippen molar-refractivity contribution in [3.05, 3.63) is 35.9 Å². The molecule has 1 N–H and O–H groups in total. The van der Waals surface area contributed by atoms with E-state index in [1.54, 1.807) is 0 Å². The summed E-state index contributed by atoms with van der Waals surface area (Å²) in [5.74, 6) is 1.09. The molecule has 2 unspecified atom stereocenters. The zero-order chi connectivity index (χ0) is 12.1. The Morgan fingerprint density at radius 2 is 1.94 bits per heavy atom. The molecule has 92 valence electrons. The zero-order valence-corrected chi connectivity index (χ0v) is 10.6. The summed E-state index contributed by atoms with van der Waals surface area (Å²) in [4.78, 5) is 12.0. The van der Waals surface area contributed by atoms with Gasteiger partial charge in [0.05, 0.1) is 0 Å². The first kappa shape index (κ1) is 12.4. The summed E-state index contributed by atoms with van der Waals surface area (Å²) in [6.07, 6.45) is 4.60. The first-order valence-electron chi connectivity index (χ1n) is 6.23. The van der Waals surface area contributed by atoms with Gasteiger partial charge in [0.15, 0.2) is 0 Å². The summed E-state index contributed by atoms with van der Waals surface area (Å²) in [7, 11) is 0. The highest BCUT2D eigenvalue weighted by Crippen LogP contribution is 2.25. The Morgan fingerprint density at radius 1 is 1.24 bits per heavy atom. The Kier molecular flexibility index (Phi) is 4.43. The first-order chi connectivity index (χ1) is 8.31. The molecule has 1 saturated carbocycles. The van der Waals surface area contributed by atoms with Crippen molar-refractivity contribution in [3.8, 4) is 0 Å². The van der Waals surface area contributed by atoms with Gasteiger partial charge in [-0.15, -0.1) is 11.6 Å². The molecule has 1 fully saturated rings. The standard InChI is InChI=1S/C14H18ClNO/c15-10-12-8-4-5-9-13(12)16-14(17)11-6-2-1-3-7-11/h1-3,6-7,12-13H,4-5,8-10H2,(H,16,17). The number of benzene rings is 1. The monoisotopic (exact) mass is 251 g/mol. The van der Waals surface area contributed by atoms with Crippen molar-refractivity contribution in [1.29, 1.82) is 0 Å². The van der Waals surface area contributed by atoms with Gasteiger partial charge in [-0.05, 0) is 30.9 Å². The smallest absolute Gasteiger partial charge is 0.251 e. The van der Waals surface area contributed by atoms with Gasteiger partial charge in [0, 0.05) is 17.5 Å². The Bertz CT molecular complexity index is 366. The maximum absolute atomic E-state index is 12.0. The molecule has 17 heavy (non-hydrogen) atoms. The van der Waals surface area contributed by atoms with Gasteiger partial charge in [-0.2, -0.15) is 0 Å². The number of hydrogen-bond acceptors (Lipinski definition) is 1. The highest BCUT2D eigenvalue weighted by Gasteiger charge is 2.25. The second kappa shape index (κ2) is 6.06. The molecule has 1 aromatic carbocycles. The highest BCUT2D eigenvalue weighted by atomic mass is 35.5. The molecule has 0 saturated heterocycles. The first-order valence-corrected chi connectivity index (χ1v) is 6.76. The Hall–Kier alpha value is -1.02. The summed E-state index contributed by atoms with van der Waals surface area (Å²) in [5, 5.41) is 3.11. The van der Waals surface area contributed by atoms with Crippen LogP contribution in [0.5, 0.6) is 0 Å². The maximum Gasteiger partial charge on any atom is 0.251 e. The van der Waals surface area contributed by atoms with E-state index in [0.29, 0.717) is 11.8 Å². The summed E-state index contributed by atoms with van der Waals surface area (Å²) in [6, 6.07) is 9.61. The molecule has 0 spiro atoms. The molecule has 1 aromatic rings. The van der Waals surface area contributed by atoms with Crippen molar-refractivity contribution in [2.24, 2.45) is 5.92 Å². The van der Waals surface area contributed by atoms with Gasteiger partial charge in [0.1, 0.15) is 0 Å². The molecule has 2 nitrogen and oxygen atoms in total. The molecule has 2 rings (SSSR count). The van der Waals surface area contributed by atoms with Crippen LogP contribution in [-0.2, 0) is 0 Å². The molecule has 1 amide bonds. The number of amides is 1. The lowest BCUT2D eigenvalue weighted by Gasteiger charge is -2.30. The molecule has 1 aliphatic rings. The van der Waals surface area contributed by atoms with Gasteiger partial charge in [0.25, 0.3) is 5.91 Å². The van der Waals surface area contributed by atoms with Gasteiger partial charge < -0.3 is 5.32 Å². The fraction of sp³-hybridized carbons (Fsp3) is 0.500. The predicted molar refractivity (Wildman–Crippen MR) is 70.4 cm³/mol. The van der Waals surface area contributed by atoms with Crippen LogP contribution in [-0.4, -0.2) is 17.8 Å². The third kappa shape index (κ3) is 3.22. The Morgan fingerprint density at radius 3 is 2.65 bits per heavy atom. The topological polar surface area (TPSA) is 29.1 Å². The number of alkyl halides is 1. The molecule has 2 atom stereocenters. The fourth-order valence-corrected chi connectivity index (χ4v) is 2.79. The lowest BCUT2D eigenvalue weighted by Crippen LogP contribution is -2.42.